The van der Waals surface area contributed by atoms with Crippen LogP contribution < -0.4 is 11.5 Å². The number of ether oxygens (including phenoxy) is 1. The predicted molar refractivity (Wildman–Crippen MR) is 89.0 cm³/mol. The van der Waals surface area contributed by atoms with Gasteiger partial charge in [0.05, 0.1) is 11.8 Å². The highest BCUT2D eigenvalue weighted by Gasteiger charge is 2.21. The van der Waals surface area contributed by atoms with Crippen LogP contribution in [0.4, 0.5) is 10.1 Å². The maximum Gasteiger partial charge on any atom is 0.146 e. The SMILES string of the molecule is COC(C)Cc1c(N)c(F)cc(-c2ccccc2)c1C(C)N. The van der Waals surface area contributed by atoms with Gasteiger partial charge in [-0.3, -0.25) is 0 Å². The Morgan fingerprint density at radius 2 is 1.82 bits per heavy atom. The Morgan fingerprint density at radius 3 is 2.36 bits per heavy atom. The number of methoxy groups -OCH3 is 1. The van der Waals surface area contributed by atoms with Crippen LogP contribution in [0.5, 0.6) is 0 Å². The highest BCUT2D eigenvalue weighted by atomic mass is 19.1. The van der Waals surface area contributed by atoms with E-state index in [4.69, 9.17) is 16.2 Å². The largest absolute Gasteiger partial charge is 0.396 e. The van der Waals surface area contributed by atoms with Gasteiger partial charge < -0.3 is 16.2 Å². The molecule has 2 rings (SSSR count). The minimum Gasteiger partial charge on any atom is -0.396 e. The predicted octanol–water partition coefficient (Wildman–Crippen LogP) is 3.67. The summed E-state index contributed by atoms with van der Waals surface area (Å²) in [5.74, 6) is -0.415. The van der Waals surface area contributed by atoms with Gasteiger partial charge in [0.1, 0.15) is 5.82 Å². The third-order valence-electron chi connectivity index (χ3n) is 3.90. The van der Waals surface area contributed by atoms with Gasteiger partial charge in [-0.05, 0) is 42.2 Å². The molecule has 118 valence electrons. The Hall–Kier alpha value is -1.91. The van der Waals surface area contributed by atoms with Crippen LogP contribution in [0.25, 0.3) is 11.1 Å². The van der Waals surface area contributed by atoms with Crippen LogP contribution in [0.1, 0.15) is 31.0 Å². The lowest BCUT2D eigenvalue weighted by molar-refractivity contribution is 0.118. The van der Waals surface area contributed by atoms with Crippen LogP contribution >= 0.6 is 0 Å². The maximum atomic E-state index is 14.3. The summed E-state index contributed by atoms with van der Waals surface area (Å²) in [5, 5.41) is 0. The molecule has 0 aliphatic heterocycles. The Bertz CT molecular complexity index is 641. The molecular formula is C18H23FN2O. The third-order valence-corrected chi connectivity index (χ3v) is 3.90. The Kier molecular flexibility index (Phi) is 5.16. The summed E-state index contributed by atoms with van der Waals surface area (Å²) >= 11 is 0. The minimum atomic E-state index is -0.415. The van der Waals surface area contributed by atoms with E-state index in [9.17, 15) is 4.39 Å². The Morgan fingerprint density at radius 1 is 1.18 bits per heavy atom. The van der Waals surface area contributed by atoms with Crippen LogP contribution in [0, 0.1) is 5.82 Å². The molecule has 0 aliphatic rings. The first-order valence-corrected chi connectivity index (χ1v) is 7.40. The molecule has 0 aromatic heterocycles. The average Bonchev–Trinajstić information content (AvgIpc) is 2.51. The summed E-state index contributed by atoms with van der Waals surface area (Å²) in [6.07, 6.45) is 0.460. The van der Waals surface area contributed by atoms with Crippen molar-refractivity contribution in [3.63, 3.8) is 0 Å². The molecule has 0 saturated heterocycles. The number of hydrogen-bond acceptors (Lipinski definition) is 3. The summed E-state index contributed by atoms with van der Waals surface area (Å²) in [7, 11) is 1.63. The lowest BCUT2D eigenvalue weighted by atomic mass is 9.88. The van der Waals surface area contributed by atoms with E-state index < -0.39 is 5.82 Å². The number of anilines is 1. The average molecular weight is 302 g/mol. The van der Waals surface area contributed by atoms with Crippen molar-refractivity contribution in [2.24, 2.45) is 5.73 Å². The van der Waals surface area contributed by atoms with E-state index in [-0.39, 0.29) is 17.8 Å². The summed E-state index contributed by atoms with van der Waals surface area (Å²) < 4.78 is 19.6. The van der Waals surface area contributed by atoms with Gasteiger partial charge >= 0.3 is 0 Å². The molecule has 0 radical (unpaired) electrons. The molecule has 2 atom stereocenters. The number of rotatable bonds is 5. The number of halogens is 1. The monoisotopic (exact) mass is 302 g/mol. The molecule has 0 fully saturated rings. The lowest BCUT2D eigenvalue weighted by Gasteiger charge is -2.22. The van der Waals surface area contributed by atoms with Gasteiger partial charge in [-0.1, -0.05) is 30.3 Å². The van der Waals surface area contributed by atoms with Crippen molar-refractivity contribution in [2.75, 3.05) is 12.8 Å². The van der Waals surface area contributed by atoms with E-state index in [2.05, 4.69) is 0 Å². The van der Waals surface area contributed by atoms with Crippen molar-refractivity contribution in [3.05, 3.63) is 53.3 Å². The van der Waals surface area contributed by atoms with Crippen molar-refractivity contribution in [3.8, 4) is 11.1 Å². The maximum absolute atomic E-state index is 14.3. The van der Waals surface area contributed by atoms with E-state index in [1.807, 2.05) is 44.2 Å². The Balaban J connectivity index is 2.69. The van der Waals surface area contributed by atoms with Gasteiger partial charge in [-0.25, -0.2) is 4.39 Å². The van der Waals surface area contributed by atoms with Gasteiger partial charge in [0, 0.05) is 19.6 Å². The van der Waals surface area contributed by atoms with Crippen molar-refractivity contribution >= 4 is 5.69 Å². The lowest BCUT2D eigenvalue weighted by Crippen LogP contribution is -2.18. The molecule has 0 heterocycles. The second-order valence-corrected chi connectivity index (χ2v) is 5.62. The molecule has 4 N–H and O–H groups in total. The molecule has 22 heavy (non-hydrogen) atoms. The van der Waals surface area contributed by atoms with E-state index in [0.29, 0.717) is 6.42 Å². The van der Waals surface area contributed by atoms with Crippen LogP contribution in [0.2, 0.25) is 0 Å². The molecular weight excluding hydrogens is 279 g/mol. The summed E-state index contributed by atoms with van der Waals surface area (Å²) in [6.45, 7) is 3.82. The van der Waals surface area contributed by atoms with Crippen molar-refractivity contribution in [1.29, 1.82) is 0 Å². The molecule has 2 aromatic rings. The van der Waals surface area contributed by atoms with Crippen molar-refractivity contribution in [2.45, 2.75) is 32.4 Å². The highest BCUT2D eigenvalue weighted by Crippen LogP contribution is 2.36. The van der Waals surface area contributed by atoms with Gasteiger partial charge in [-0.2, -0.15) is 0 Å². The van der Waals surface area contributed by atoms with E-state index in [0.717, 1.165) is 22.3 Å². The van der Waals surface area contributed by atoms with E-state index >= 15 is 0 Å². The fraction of sp³-hybridized carbons (Fsp3) is 0.333. The molecule has 0 spiro atoms. The molecule has 0 saturated carbocycles. The molecule has 0 amide bonds. The quantitative estimate of drug-likeness (QED) is 0.828. The number of hydrogen-bond donors (Lipinski definition) is 2. The summed E-state index contributed by atoms with van der Waals surface area (Å²) in [6, 6.07) is 10.9. The zero-order valence-corrected chi connectivity index (χ0v) is 13.3. The third kappa shape index (κ3) is 3.29. The molecule has 2 unspecified atom stereocenters. The first kappa shape index (κ1) is 16.5. The van der Waals surface area contributed by atoms with Crippen LogP contribution in [-0.2, 0) is 11.2 Å². The zero-order chi connectivity index (χ0) is 16.3. The normalized spacial score (nSPS) is 13.9. The highest BCUT2D eigenvalue weighted by molar-refractivity contribution is 5.74. The molecule has 0 aliphatic carbocycles. The summed E-state index contributed by atoms with van der Waals surface area (Å²) in [4.78, 5) is 0. The van der Waals surface area contributed by atoms with Crippen LogP contribution in [0.3, 0.4) is 0 Å². The van der Waals surface area contributed by atoms with Gasteiger partial charge in [0.15, 0.2) is 0 Å². The van der Waals surface area contributed by atoms with E-state index in [1.54, 1.807) is 7.11 Å². The van der Waals surface area contributed by atoms with Gasteiger partial charge in [0.2, 0.25) is 0 Å². The van der Waals surface area contributed by atoms with E-state index in [1.165, 1.54) is 6.07 Å². The topological polar surface area (TPSA) is 61.3 Å². The smallest absolute Gasteiger partial charge is 0.146 e. The fourth-order valence-corrected chi connectivity index (χ4v) is 2.70. The molecule has 3 nitrogen and oxygen atoms in total. The number of nitrogen functional groups attached to an aromatic ring is 1. The van der Waals surface area contributed by atoms with Crippen molar-refractivity contribution < 1.29 is 9.13 Å². The second-order valence-electron chi connectivity index (χ2n) is 5.62. The number of nitrogens with two attached hydrogens (primary N) is 2. The molecule has 2 aromatic carbocycles. The minimum absolute atomic E-state index is 0.0646. The molecule has 4 heteroatoms. The Labute approximate surface area is 131 Å². The standard InChI is InChI=1S/C18H23FN2O/c1-11(22-3)9-15-17(12(2)20)14(10-16(19)18(15)21)13-7-5-4-6-8-13/h4-8,10-12H,9,20-21H2,1-3H3. The van der Waals surface area contributed by atoms with Gasteiger partial charge in [0.25, 0.3) is 0 Å². The van der Waals surface area contributed by atoms with Crippen LogP contribution in [-0.4, -0.2) is 13.2 Å². The fourth-order valence-electron chi connectivity index (χ4n) is 2.70. The first-order valence-electron chi connectivity index (χ1n) is 7.40. The summed E-state index contributed by atoms with van der Waals surface area (Å²) in [5.41, 5.74) is 15.7. The van der Waals surface area contributed by atoms with Crippen LogP contribution in [0.15, 0.2) is 36.4 Å². The zero-order valence-electron chi connectivity index (χ0n) is 13.3. The van der Waals surface area contributed by atoms with Gasteiger partial charge in [-0.15, -0.1) is 0 Å². The number of benzene rings is 2. The second kappa shape index (κ2) is 6.90. The van der Waals surface area contributed by atoms with Crippen molar-refractivity contribution in [1.82, 2.24) is 0 Å². The first-order chi connectivity index (χ1) is 10.5. The molecule has 0 bridgehead atoms.